The van der Waals surface area contributed by atoms with Crippen molar-refractivity contribution < 1.29 is 4.79 Å². The van der Waals surface area contributed by atoms with Crippen molar-refractivity contribution in [2.24, 2.45) is 0 Å². The predicted molar refractivity (Wildman–Crippen MR) is 85.5 cm³/mol. The Bertz CT molecular complexity index is 660. The minimum atomic E-state index is -0.0777. The normalized spacial score (nSPS) is 16.1. The molecular formula is C16H16Cl2N2O. The van der Waals surface area contributed by atoms with Gasteiger partial charge in [0.1, 0.15) is 0 Å². The molecule has 21 heavy (non-hydrogen) atoms. The molecule has 3 rings (SSSR count). The third-order valence-electron chi connectivity index (χ3n) is 3.89. The summed E-state index contributed by atoms with van der Waals surface area (Å²) >= 11 is 12.1. The second-order valence-electron chi connectivity index (χ2n) is 5.24. The predicted octanol–water partition coefficient (Wildman–Crippen LogP) is 3.95. The lowest BCUT2D eigenvalue weighted by Crippen LogP contribution is -2.30. The van der Waals surface area contributed by atoms with Crippen molar-refractivity contribution in [3.05, 3.63) is 57.8 Å². The number of carbonyl (C=O) groups excluding carboxylic acids is 1. The van der Waals surface area contributed by atoms with Crippen LogP contribution < -0.4 is 5.32 Å². The molecule has 3 nitrogen and oxygen atoms in total. The zero-order valence-electron chi connectivity index (χ0n) is 11.5. The molecule has 1 aromatic carbocycles. The van der Waals surface area contributed by atoms with Gasteiger partial charge >= 0.3 is 0 Å². The fourth-order valence-corrected chi connectivity index (χ4v) is 3.17. The van der Waals surface area contributed by atoms with Gasteiger partial charge in [-0.1, -0.05) is 23.2 Å². The topological polar surface area (TPSA) is 34.0 Å². The zero-order chi connectivity index (χ0) is 14.8. The van der Waals surface area contributed by atoms with Crippen LogP contribution in [0.5, 0.6) is 0 Å². The molecule has 1 aromatic heterocycles. The Morgan fingerprint density at radius 1 is 1.19 bits per heavy atom. The first-order chi connectivity index (χ1) is 10.2. The van der Waals surface area contributed by atoms with Crippen molar-refractivity contribution in [2.45, 2.75) is 18.9 Å². The Kier molecular flexibility index (Phi) is 4.34. The second-order valence-corrected chi connectivity index (χ2v) is 6.08. The van der Waals surface area contributed by atoms with Gasteiger partial charge in [-0.25, -0.2) is 0 Å². The molecule has 0 radical (unpaired) electrons. The van der Waals surface area contributed by atoms with Crippen LogP contribution in [0.15, 0.2) is 36.5 Å². The largest absolute Gasteiger partial charge is 0.342 e. The highest BCUT2D eigenvalue weighted by Crippen LogP contribution is 2.26. The molecule has 0 saturated carbocycles. The second kappa shape index (κ2) is 6.22. The molecule has 1 N–H and O–H groups in total. The van der Waals surface area contributed by atoms with Crippen LogP contribution in [0, 0.1) is 0 Å². The van der Waals surface area contributed by atoms with Crippen molar-refractivity contribution in [1.29, 1.82) is 0 Å². The Hall–Kier alpha value is -1.29. The number of nitrogens with zero attached hydrogens (tertiary/aromatic N) is 1. The van der Waals surface area contributed by atoms with Gasteiger partial charge in [0.2, 0.25) is 5.78 Å². The van der Waals surface area contributed by atoms with Crippen molar-refractivity contribution in [3.8, 4) is 0 Å². The van der Waals surface area contributed by atoms with E-state index in [-0.39, 0.29) is 5.78 Å². The van der Waals surface area contributed by atoms with E-state index < -0.39 is 0 Å². The third kappa shape index (κ3) is 3.00. The van der Waals surface area contributed by atoms with Crippen LogP contribution >= 0.6 is 23.2 Å². The highest BCUT2D eigenvalue weighted by Gasteiger charge is 2.22. The summed E-state index contributed by atoms with van der Waals surface area (Å²) in [5, 5.41) is 4.29. The van der Waals surface area contributed by atoms with Gasteiger partial charge in [0.15, 0.2) is 0 Å². The fourth-order valence-electron chi connectivity index (χ4n) is 2.80. The van der Waals surface area contributed by atoms with Crippen LogP contribution in [0.25, 0.3) is 0 Å². The SMILES string of the molecule is O=C(c1cc(Cl)ccc1Cl)c1cccn1C1CCNCC1. The van der Waals surface area contributed by atoms with Gasteiger partial charge in [-0.2, -0.15) is 0 Å². The highest BCUT2D eigenvalue weighted by molar-refractivity contribution is 6.36. The monoisotopic (exact) mass is 322 g/mol. The van der Waals surface area contributed by atoms with Crippen molar-refractivity contribution in [1.82, 2.24) is 9.88 Å². The van der Waals surface area contributed by atoms with Crippen LogP contribution in [-0.4, -0.2) is 23.4 Å². The van der Waals surface area contributed by atoms with Gasteiger partial charge in [0.25, 0.3) is 0 Å². The first-order valence-electron chi connectivity index (χ1n) is 7.04. The molecule has 0 bridgehead atoms. The van der Waals surface area contributed by atoms with Gasteiger partial charge in [0.05, 0.1) is 10.7 Å². The summed E-state index contributed by atoms with van der Waals surface area (Å²) in [5.74, 6) is -0.0777. The van der Waals surface area contributed by atoms with Crippen LogP contribution in [0.1, 0.15) is 34.9 Å². The Morgan fingerprint density at radius 2 is 1.95 bits per heavy atom. The maximum atomic E-state index is 12.8. The number of hydrogen-bond acceptors (Lipinski definition) is 2. The zero-order valence-corrected chi connectivity index (χ0v) is 13.0. The van der Waals surface area contributed by atoms with E-state index in [1.807, 2.05) is 18.3 Å². The molecule has 1 fully saturated rings. The summed E-state index contributed by atoms with van der Waals surface area (Å²) in [7, 11) is 0. The molecule has 2 heterocycles. The van der Waals surface area contributed by atoms with Crippen LogP contribution in [0.4, 0.5) is 0 Å². The fraction of sp³-hybridized carbons (Fsp3) is 0.312. The van der Waals surface area contributed by atoms with Crippen LogP contribution in [-0.2, 0) is 0 Å². The lowest BCUT2D eigenvalue weighted by molar-refractivity contribution is 0.102. The number of piperidine rings is 1. The Morgan fingerprint density at radius 3 is 2.71 bits per heavy atom. The number of carbonyl (C=O) groups is 1. The average molecular weight is 323 g/mol. The van der Waals surface area contributed by atoms with Gasteiger partial charge in [-0.05, 0) is 56.3 Å². The smallest absolute Gasteiger partial charge is 0.210 e. The summed E-state index contributed by atoms with van der Waals surface area (Å²) in [4.78, 5) is 12.8. The maximum Gasteiger partial charge on any atom is 0.210 e. The molecule has 1 aliphatic heterocycles. The Labute approximate surface area is 133 Å². The quantitative estimate of drug-likeness (QED) is 0.868. The van der Waals surface area contributed by atoms with Gasteiger partial charge < -0.3 is 9.88 Å². The molecule has 1 saturated heterocycles. The highest BCUT2D eigenvalue weighted by atomic mass is 35.5. The molecule has 0 unspecified atom stereocenters. The lowest BCUT2D eigenvalue weighted by Gasteiger charge is -2.26. The minimum absolute atomic E-state index is 0.0777. The van der Waals surface area contributed by atoms with E-state index in [1.54, 1.807) is 18.2 Å². The van der Waals surface area contributed by atoms with E-state index in [0.29, 0.717) is 27.3 Å². The number of halogens is 2. The van der Waals surface area contributed by atoms with Crippen molar-refractivity contribution >= 4 is 29.0 Å². The van der Waals surface area contributed by atoms with Crippen LogP contribution in [0.3, 0.4) is 0 Å². The molecule has 110 valence electrons. The number of hydrogen-bond donors (Lipinski definition) is 1. The molecule has 0 atom stereocenters. The summed E-state index contributed by atoms with van der Waals surface area (Å²) < 4.78 is 2.07. The number of ketones is 1. The van der Waals surface area contributed by atoms with E-state index in [4.69, 9.17) is 23.2 Å². The number of benzene rings is 1. The van der Waals surface area contributed by atoms with Gasteiger partial charge in [-0.15, -0.1) is 0 Å². The molecule has 0 amide bonds. The standard InChI is InChI=1S/C16H16Cl2N2O/c17-11-3-4-14(18)13(10-11)16(21)15-2-1-9-20(15)12-5-7-19-8-6-12/h1-4,9-10,12,19H,5-8H2. The molecular weight excluding hydrogens is 307 g/mol. The summed E-state index contributed by atoms with van der Waals surface area (Å²) in [6, 6.07) is 9.10. The molecule has 0 spiro atoms. The maximum absolute atomic E-state index is 12.8. The minimum Gasteiger partial charge on any atom is -0.342 e. The van der Waals surface area contributed by atoms with Crippen molar-refractivity contribution in [2.75, 3.05) is 13.1 Å². The summed E-state index contributed by atoms with van der Waals surface area (Å²) in [6.07, 6.45) is 4.03. The van der Waals surface area contributed by atoms with Gasteiger partial charge in [0, 0.05) is 22.8 Å². The van der Waals surface area contributed by atoms with E-state index in [2.05, 4.69) is 9.88 Å². The Balaban J connectivity index is 1.95. The average Bonchev–Trinajstić information content (AvgIpc) is 2.99. The van der Waals surface area contributed by atoms with Gasteiger partial charge in [-0.3, -0.25) is 4.79 Å². The number of rotatable bonds is 3. The molecule has 2 aromatic rings. The van der Waals surface area contributed by atoms with Crippen LogP contribution in [0.2, 0.25) is 10.0 Å². The molecule has 0 aliphatic carbocycles. The molecule has 5 heteroatoms. The first kappa shape index (κ1) is 14.6. The van der Waals surface area contributed by atoms with Crippen molar-refractivity contribution in [3.63, 3.8) is 0 Å². The first-order valence-corrected chi connectivity index (χ1v) is 7.80. The molecule has 1 aliphatic rings. The number of nitrogens with one attached hydrogen (secondary N) is 1. The summed E-state index contributed by atoms with van der Waals surface area (Å²) in [6.45, 7) is 1.96. The lowest BCUT2D eigenvalue weighted by atomic mass is 10.0. The van der Waals surface area contributed by atoms with E-state index in [1.165, 1.54) is 0 Å². The van der Waals surface area contributed by atoms with E-state index in [0.717, 1.165) is 25.9 Å². The summed E-state index contributed by atoms with van der Waals surface area (Å²) in [5.41, 5.74) is 1.13. The van der Waals surface area contributed by atoms with E-state index in [9.17, 15) is 4.79 Å². The number of aromatic nitrogens is 1. The third-order valence-corrected chi connectivity index (χ3v) is 4.45. The van der Waals surface area contributed by atoms with E-state index >= 15 is 0 Å².